The van der Waals surface area contributed by atoms with E-state index in [4.69, 9.17) is 0 Å². The minimum absolute atomic E-state index is 0.832. The molecule has 0 aliphatic carbocycles. The van der Waals surface area contributed by atoms with E-state index >= 15 is 0 Å². The van der Waals surface area contributed by atoms with Gasteiger partial charge in [0, 0.05) is 23.5 Å². The highest BCUT2D eigenvalue weighted by Crippen LogP contribution is 2.23. The van der Waals surface area contributed by atoms with Gasteiger partial charge in [0.05, 0.1) is 17.2 Å². The Labute approximate surface area is 106 Å². The number of rotatable bonds is 2. The molecule has 0 spiro atoms. The lowest BCUT2D eigenvalue weighted by Gasteiger charge is -2.06. The van der Waals surface area contributed by atoms with Gasteiger partial charge in [-0.1, -0.05) is 12.1 Å². The molecule has 3 heteroatoms. The number of aromatic nitrogens is 2. The van der Waals surface area contributed by atoms with Crippen LogP contribution in [0.1, 0.15) is 11.1 Å². The van der Waals surface area contributed by atoms with Crippen LogP contribution >= 0.6 is 0 Å². The van der Waals surface area contributed by atoms with Crippen LogP contribution in [0.5, 0.6) is 0 Å². The topological polar surface area (TPSA) is 37.8 Å². The average Bonchev–Trinajstić information content (AvgIpc) is 2.38. The van der Waals surface area contributed by atoms with Crippen LogP contribution in [0.25, 0.3) is 21.8 Å². The third-order valence-electron chi connectivity index (χ3n) is 3.13. The molecule has 0 amide bonds. The summed E-state index contributed by atoms with van der Waals surface area (Å²) in [5, 5.41) is 5.49. The fraction of sp³-hybridized carbons (Fsp3) is 0.200. The zero-order valence-corrected chi connectivity index (χ0v) is 10.6. The number of nitrogens with zero attached hydrogens (tertiary/aromatic N) is 2. The van der Waals surface area contributed by atoms with Gasteiger partial charge in [-0.25, -0.2) is 0 Å². The van der Waals surface area contributed by atoms with Crippen molar-refractivity contribution < 1.29 is 0 Å². The molecule has 3 aromatic rings. The second kappa shape index (κ2) is 4.35. The summed E-state index contributed by atoms with van der Waals surface area (Å²) in [5.41, 5.74) is 4.41. The van der Waals surface area contributed by atoms with Crippen molar-refractivity contribution >= 4 is 21.8 Å². The Hall–Kier alpha value is -2.00. The van der Waals surface area contributed by atoms with E-state index in [1.807, 2.05) is 19.4 Å². The summed E-state index contributed by atoms with van der Waals surface area (Å²) in [6, 6.07) is 8.55. The van der Waals surface area contributed by atoms with Gasteiger partial charge in [-0.2, -0.15) is 0 Å². The van der Waals surface area contributed by atoms with Crippen molar-refractivity contribution in [1.29, 1.82) is 0 Å². The van der Waals surface area contributed by atoms with Crippen molar-refractivity contribution in [2.24, 2.45) is 0 Å². The number of aryl methyl sites for hydroxylation is 1. The molecule has 18 heavy (non-hydrogen) atoms. The molecule has 0 fully saturated rings. The Morgan fingerprint density at radius 2 is 1.83 bits per heavy atom. The van der Waals surface area contributed by atoms with Crippen LogP contribution in [0, 0.1) is 6.92 Å². The van der Waals surface area contributed by atoms with E-state index in [2.05, 4.69) is 46.5 Å². The number of pyridine rings is 2. The van der Waals surface area contributed by atoms with E-state index < -0.39 is 0 Å². The van der Waals surface area contributed by atoms with Crippen molar-refractivity contribution in [2.45, 2.75) is 13.5 Å². The molecule has 0 atom stereocenters. The highest BCUT2D eigenvalue weighted by atomic mass is 14.8. The molecule has 1 N–H and O–H groups in total. The average molecular weight is 237 g/mol. The van der Waals surface area contributed by atoms with Crippen LogP contribution in [0.2, 0.25) is 0 Å². The maximum absolute atomic E-state index is 4.47. The van der Waals surface area contributed by atoms with Crippen molar-refractivity contribution in [3.63, 3.8) is 0 Å². The van der Waals surface area contributed by atoms with Gasteiger partial charge in [0.25, 0.3) is 0 Å². The molecular formula is C15H15N3. The molecule has 0 aliphatic heterocycles. The second-order valence-electron chi connectivity index (χ2n) is 4.59. The van der Waals surface area contributed by atoms with Crippen molar-refractivity contribution in [3.05, 3.63) is 47.8 Å². The molecule has 0 unspecified atom stereocenters. The zero-order valence-electron chi connectivity index (χ0n) is 10.6. The normalized spacial score (nSPS) is 11.2. The highest BCUT2D eigenvalue weighted by Gasteiger charge is 2.04. The maximum atomic E-state index is 4.47. The molecule has 2 aromatic heterocycles. The molecular weight excluding hydrogens is 222 g/mol. The van der Waals surface area contributed by atoms with Gasteiger partial charge in [-0.05, 0) is 37.2 Å². The van der Waals surface area contributed by atoms with Gasteiger partial charge in [0.1, 0.15) is 0 Å². The first-order chi connectivity index (χ1) is 8.78. The first-order valence-electron chi connectivity index (χ1n) is 6.06. The molecule has 0 saturated carbocycles. The van der Waals surface area contributed by atoms with Gasteiger partial charge < -0.3 is 5.32 Å². The third-order valence-corrected chi connectivity index (χ3v) is 3.13. The number of hydrogen-bond acceptors (Lipinski definition) is 3. The van der Waals surface area contributed by atoms with Crippen LogP contribution in [0.3, 0.4) is 0 Å². The fourth-order valence-corrected chi connectivity index (χ4v) is 2.24. The van der Waals surface area contributed by atoms with E-state index in [0.29, 0.717) is 0 Å². The smallest absolute Gasteiger partial charge is 0.0891 e. The van der Waals surface area contributed by atoms with E-state index in [9.17, 15) is 0 Å². The molecule has 3 rings (SSSR count). The number of hydrogen-bond donors (Lipinski definition) is 1. The third kappa shape index (κ3) is 1.83. The minimum Gasteiger partial charge on any atom is -0.316 e. The van der Waals surface area contributed by atoms with Crippen LogP contribution in [0.4, 0.5) is 0 Å². The monoisotopic (exact) mass is 237 g/mol. The maximum Gasteiger partial charge on any atom is 0.0891 e. The molecule has 0 saturated heterocycles. The number of benzene rings is 1. The Kier molecular flexibility index (Phi) is 2.68. The highest BCUT2D eigenvalue weighted by molar-refractivity contribution is 6.04. The van der Waals surface area contributed by atoms with Crippen molar-refractivity contribution in [2.75, 3.05) is 7.05 Å². The largest absolute Gasteiger partial charge is 0.316 e. The first kappa shape index (κ1) is 11.1. The minimum atomic E-state index is 0.832. The molecule has 0 aliphatic rings. The lowest BCUT2D eigenvalue weighted by atomic mass is 10.1. The Bertz CT molecular complexity index is 719. The SMILES string of the molecule is CNCc1cnc2cnc3cc(C)ccc3c2c1. The molecule has 0 bridgehead atoms. The standard InChI is InChI=1S/C15H15N3/c1-10-3-4-12-13-6-11(7-16-2)8-17-15(13)9-18-14(12)5-10/h3-6,8-9,16H,7H2,1-2H3. The summed E-state index contributed by atoms with van der Waals surface area (Å²) in [6.07, 6.45) is 3.75. The Morgan fingerprint density at radius 3 is 2.67 bits per heavy atom. The summed E-state index contributed by atoms with van der Waals surface area (Å²) >= 11 is 0. The van der Waals surface area contributed by atoms with Crippen molar-refractivity contribution in [3.8, 4) is 0 Å². The van der Waals surface area contributed by atoms with Gasteiger partial charge >= 0.3 is 0 Å². The molecule has 1 aromatic carbocycles. The van der Waals surface area contributed by atoms with Gasteiger partial charge in [0.2, 0.25) is 0 Å². The van der Waals surface area contributed by atoms with Crippen LogP contribution < -0.4 is 5.32 Å². The van der Waals surface area contributed by atoms with E-state index in [0.717, 1.165) is 17.6 Å². The van der Waals surface area contributed by atoms with Crippen LogP contribution in [-0.4, -0.2) is 17.0 Å². The quantitative estimate of drug-likeness (QED) is 0.696. The predicted octanol–water partition coefficient (Wildman–Crippen LogP) is 2.81. The van der Waals surface area contributed by atoms with Crippen LogP contribution in [0.15, 0.2) is 36.7 Å². The van der Waals surface area contributed by atoms with Gasteiger partial charge in [0.15, 0.2) is 0 Å². The van der Waals surface area contributed by atoms with Crippen molar-refractivity contribution in [1.82, 2.24) is 15.3 Å². The lowest BCUT2D eigenvalue weighted by molar-refractivity contribution is 0.815. The summed E-state index contributed by atoms with van der Waals surface area (Å²) in [7, 11) is 1.94. The molecule has 0 radical (unpaired) electrons. The summed E-state index contributed by atoms with van der Waals surface area (Å²) in [5.74, 6) is 0. The Balaban J connectivity index is 2.33. The van der Waals surface area contributed by atoms with E-state index in [-0.39, 0.29) is 0 Å². The second-order valence-corrected chi connectivity index (χ2v) is 4.59. The fourth-order valence-electron chi connectivity index (χ4n) is 2.24. The number of nitrogens with one attached hydrogen (secondary N) is 1. The van der Waals surface area contributed by atoms with E-state index in [1.54, 1.807) is 0 Å². The first-order valence-corrected chi connectivity index (χ1v) is 6.06. The molecule has 2 heterocycles. The summed E-state index contributed by atoms with van der Waals surface area (Å²) in [4.78, 5) is 8.94. The van der Waals surface area contributed by atoms with Gasteiger partial charge in [-0.3, -0.25) is 9.97 Å². The predicted molar refractivity (Wildman–Crippen MR) is 74.5 cm³/mol. The zero-order chi connectivity index (χ0) is 12.5. The molecule has 90 valence electrons. The van der Waals surface area contributed by atoms with Crippen LogP contribution in [-0.2, 0) is 6.54 Å². The summed E-state index contributed by atoms with van der Waals surface area (Å²) < 4.78 is 0. The molecule has 3 nitrogen and oxygen atoms in total. The van der Waals surface area contributed by atoms with E-state index in [1.165, 1.54) is 21.9 Å². The van der Waals surface area contributed by atoms with Gasteiger partial charge in [-0.15, -0.1) is 0 Å². The summed E-state index contributed by atoms with van der Waals surface area (Å²) in [6.45, 7) is 2.92. The lowest BCUT2D eigenvalue weighted by Crippen LogP contribution is -2.05. The number of fused-ring (bicyclic) bond motifs is 3. The Morgan fingerprint density at radius 1 is 1.00 bits per heavy atom.